The predicted molar refractivity (Wildman–Crippen MR) is 146 cm³/mol. The second-order valence-corrected chi connectivity index (χ2v) is 9.18. The number of ketones is 1. The highest BCUT2D eigenvalue weighted by Crippen LogP contribution is 2.33. The Kier molecular flexibility index (Phi) is 6.96. The topological polar surface area (TPSA) is 150 Å². The summed E-state index contributed by atoms with van der Waals surface area (Å²) in [5, 5.41) is 11.9. The highest BCUT2D eigenvalue weighted by molar-refractivity contribution is 6.07. The number of fused-ring (bicyclic) bond motifs is 1. The zero-order chi connectivity index (χ0) is 27.5. The molecule has 1 aromatic heterocycles. The van der Waals surface area contributed by atoms with Crippen LogP contribution >= 0.6 is 0 Å². The van der Waals surface area contributed by atoms with Gasteiger partial charge in [-0.25, -0.2) is 9.99 Å². The summed E-state index contributed by atoms with van der Waals surface area (Å²) in [4.78, 5) is 49.9. The molecule has 4 aromatic rings. The first-order valence-corrected chi connectivity index (χ1v) is 12.3. The molecule has 0 aliphatic carbocycles. The van der Waals surface area contributed by atoms with Gasteiger partial charge in [-0.05, 0) is 42.8 Å². The van der Waals surface area contributed by atoms with Crippen molar-refractivity contribution in [1.29, 1.82) is 10.9 Å². The van der Waals surface area contributed by atoms with Gasteiger partial charge < -0.3 is 9.88 Å². The summed E-state index contributed by atoms with van der Waals surface area (Å²) in [5.74, 6) is -0.136. The third kappa shape index (κ3) is 5.01. The van der Waals surface area contributed by atoms with Gasteiger partial charge in [-0.2, -0.15) is 5.53 Å². The van der Waals surface area contributed by atoms with E-state index in [2.05, 4.69) is 10.2 Å². The minimum Gasteiger partial charge on any atom is -0.340 e. The molecular weight excluding hydrogens is 496 g/mol. The molecule has 3 N–H and O–H groups in total. The summed E-state index contributed by atoms with van der Waals surface area (Å²) < 4.78 is 0. The van der Waals surface area contributed by atoms with Crippen LogP contribution in [0.1, 0.15) is 34.7 Å². The van der Waals surface area contributed by atoms with E-state index >= 15 is 0 Å². The number of benzene rings is 3. The van der Waals surface area contributed by atoms with Crippen molar-refractivity contribution in [2.75, 3.05) is 23.0 Å². The lowest BCUT2D eigenvalue weighted by Crippen LogP contribution is -2.55. The van der Waals surface area contributed by atoms with Gasteiger partial charge in [0.1, 0.15) is 25.3 Å². The molecule has 39 heavy (non-hydrogen) atoms. The fraction of sp³-hybridized carbons (Fsp3) is 0.179. The molecule has 0 saturated carbocycles. The molecule has 1 atom stereocenters. The summed E-state index contributed by atoms with van der Waals surface area (Å²) in [5.41, 5.74) is 10.9. The van der Waals surface area contributed by atoms with E-state index in [0.29, 0.717) is 40.2 Å². The zero-order valence-corrected chi connectivity index (χ0v) is 21.2. The number of carbonyl (C=O) groups is 3. The monoisotopic (exact) mass is 522 g/mol. The first-order chi connectivity index (χ1) is 18.9. The van der Waals surface area contributed by atoms with Gasteiger partial charge in [0, 0.05) is 12.0 Å². The number of imidazole rings is 1. The van der Waals surface area contributed by atoms with Gasteiger partial charge in [0.25, 0.3) is 0 Å². The summed E-state index contributed by atoms with van der Waals surface area (Å²) in [6.45, 7) is 1.08. The van der Waals surface area contributed by atoms with Crippen molar-refractivity contribution in [1.82, 2.24) is 14.9 Å². The number of anilines is 2. The second-order valence-electron chi connectivity index (χ2n) is 9.18. The van der Waals surface area contributed by atoms with Crippen LogP contribution < -0.4 is 9.91 Å². The highest BCUT2D eigenvalue weighted by Gasteiger charge is 2.38. The van der Waals surface area contributed by atoms with Crippen LogP contribution in [0.2, 0.25) is 0 Å². The maximum Gasteiger partial charge on any atom is 0.247 e. The largest absolute Gasteiger partial charge is 0.340 e. The number of hydrogen-bond acceptors (Lipinski definition) is 7. The van der Waals surface area contributed by atoms with Crippen LogP contribution in [0.15, 0.2) is 78.0 Å². The Labute approximate surface area is 224 Å². The molecule has 0 spiro atoms. The number of carbonyl (C=O) groups excluding carboxylic acids is 3. The minimum absolute atomic E-state index is 0.0640. The van der Waals surface area contributed by atoms with Gasteiger partial charge in [-0.1, -0.05) is 47.7 Å². The molecule has 1 saturated heterocycles. The normalized spacial score (nSPS) is 14.4. The molecule has 1 aliphatic rings. The van der Waals surface area contributed by atoms with Crippen LogP contribution in [-0.2, 0) is 16.0 Å². The Morgan fingerprint density at radius 1 is 1.08 bits per heavy atom. The van der Waals surface area contributed by atoms with Crippen LogP contribution in [0.25, 0.3) is 11.0 Å². The van der Waals surface area contributed by atoms with E-state index < -0.39 is 6.04 Å². The lowest BCUT2D eigenvalue weighted by Gasteiger charge is -2.38. The minimum atomic E-state index is -0.560. The smallest absolute Gasteiger partial charge is 0.247 e. The van der Waals surface area contributed by atoms with Crippen molar-refractivity contribution in [3.05, 3.63) is 89.7 Å². The number of Topliss-reactive ketones (excluding diaryl/α,β-unsaturated/α-hetero) is 1. The number of rotatable bonds is 9. The lowest BCUT2D eigenvalue weighted by molar-refractivity contribution is -0.141. The van der Waals surface area contributed by atoms with Gasteiger partial charge >= 0.3 is 0 Å². The van der Waals surface area contributed by atoms with E-state index in [4.69, 9.17) is 15.9 Å². The summed E-state index contributed by atoms with van der Waals surface area (Å²) in [7, 11) is 0. The number of amides is 2. The van der Waals surface area contributed by atoms with Crippen molar-refractivity contribution < 1.29 is 14.4 Å². The highest BCUT2D eigenvalue weighted by atomic mass is 16.2. The molecule has 2 heterocycles. The lowest BCUT2D eigenvalue weighted by atomic mass is 10.0. The molecule has 11 nitrogen and oxygen atoms in total. The molecule has 2 amide bonds. The number of aromatic nitrogens is 2. The number of aromatic amines is 1. The molecule has 1 fully saturated rings. The SMILES string of the molecule is CC(=O)c1ccc2nc(C(Cc3ccccc3)N3CC(=O)N(c4ccccc4N(C=N)N=N)CC3=O)[nH]c2c1. The van der Waals surface area contributed by atoms with E-state index in [0.717, 1.165) is 16.9 Å². The fourth-order valence-electron chi connectivity index (χ4n) is 4.77. The Morgan fingerprint density at radius 2 is 1.82 bits per heavy atom. The molecule has 1 unspecified atom stereocenters. The van der Waals surface area contributed by atoms with Gasteiger partial charge in [0.15, 0.2) is 5.78 Å². The van der Waals surface area contributed by atoms with Gasteiger partial charge in [-0.15, -0.1) is 0 Å². The van der Waals surface area contributed by atoms with E-state index in [1.165, 1.54) is 16.7 Å². The number of nitrogens with zero attached hydrogens (tertiary/aromatic N) is 5. The first kappa shape index (κ1) is 25.5. The molecule has 1 aliphatic heterocycles. The third-order valence-electron chi connectivity index (χ3n) is 6.74. The summed E-state index contributed by atoms with van der Waals surface area (Å²) in [6, 6.07) is 21.0. The first-order valence-electron chi connectivity index (χ1n) is 12.3. The second kappa shape index (κ2) is 10.7. The van der Waals surface area contributed by atoms with Crippen LogP contribution in [-0.4, -0.2) is 51.9 Å². The van der Waals surface area contributed by atoms with Crippen molar-refractivity contribution in [2.45, 2.75) is 19.4 Å². The molecule has 196 valence electrons. The van der Waals surface area contributed by atoms with E-state index in [1.54, 1.807) is 42.5 Å². The van der Waals surface area contributed by atoms with Crippen LogP contribution in [0.3, 0.4) is 0 Å². The predicted octanol–water partition coefficient (Wildman–Crippen LogP) is 4.28. The maximum absolute atomic E-state index is 13.6. The van der Waals surface area contributed by atoms with Crippen molar-refractivity contribution in [3.63, 3.8) is 0 Å². The molecule has 3 aromatic carbocycles. The van der Waals surface area contributed by atoms with Gasteiger partial charge in [0.2, 0.25) is 11.8 Å². The Morgan fingerprint density at radius 3 is 2.54 bits per heavy atom. The standard InChI is InChI=1S/C28H26N8O3/c1-18(37)20-11-12-21-22(14-20)32-28(31-21)25(13-19-7-3-2-4-8-19)35-16-26(38)34(15-27(35)39)23-9-5-6-10-24(23)36(17-29)33-30/h2-12,14,17,25,29-30H,13,15-16H2,1H3,(H,31,32). The fourth-order valence-corrected chi connectivity index (χ4v) is 4.77. The molecule has 5 rings (SSSR count). The summed E-state index contributed by atoms with van der Waals surface area (Å²) in [6.07, 6.45) is 1.29. The van der Waals surface area contributed by atoms with Crippen molar-refractivity contribution >= 4 is 46.3 Å². The molecule has 0 radical (unpaired) electrons. The Hall–Kier alpha value is -5.19. The van der Waals surface area contributed by atoms with Crippen molar-refractivity contribution in [2.24, 2.45) is 5.22 Å². The molecular formula is C28H26N8O3. The molecule has 11 heteroatoms. The number of nitrogens with one attached hydrogen (secondary N) is 3. The van der Waals surface area contributed by atoms with E-state index in [9.17, 15) is 14.4 Å². The van der Waals surface area contributed by atoms with Crippen LogP contribution in [0.5, 0.6) is 0 Å². The molecule has 0 bridgehead atoms. The van der Waals surface area contributed by atoms with E-state index in [-0.39, 0.29) is 30.7 Å². The average molecular weight is 523 g/mol. The number of piperazine rings is 1. The number of H-pyrrole nitrogens is 1. The maximum atomic E-state index is 13.6. The average Bonchev–Trinajstić information content (AvgIpc) is 3.38. The Bertz CT molecular complexity index is 1570. The third-order valence-corrected chi connectivity index (χ3v) is 6.74. The van der Waals surface area contributed by atoms with E-state index in [1.807, 2.05) is 30.3 Å². The number of para-hydroxylation sites is 2. The Balaban J connectivity index is 1.50. The van der Waals surface area contributed by atoms with Gasteiger partial charge in [-0.3, -0.25) is 24.7 Å². The zero-order valence-electron chi connectivity index (χ0n) is 21.2. The van der Waals surface area contributed by atoms with Crippen LogP contribution in [0, 0.1) is 10.9 Å². The van der Waals surface area contributed by atoms with Crippen LogP contribution in [0.4, 0.5) is 11.4 Å². The van der Waals surface area contributed by atoms with Gasteiger partial charge in [0.05, 0.1) is 28.5 Å². The number of hydrogen-bond donors (Lipinski definition) is 3. The summed E-state index contributed by atoms with van der Waals surface area (Å²) >= 11 is 0. The quantitative estimate of drug-likeness (QED) is 0.0986. The van der Waals surface area contributed by atoms with Crippen molar-refractivity contribution in [3.8, 4) is 0 Å².